The zero-order valence-electron chi connectivity index (χ0n) is 20.9. The number of benzene rings is 2. The van der Waals surface area contributed by atoms with Crippen LogP contribution in [0.2, 0.25) is 0 Å². The first-order valence-electron chi connectivity index (χ1n) is 11.8. The maximum Gasteiger partial charge on any atom is 0.273 e. The Hall–Kier alpha value is -3.99. The van der Waals surface area contributed by atoms with Gasteiger partial charge in [0.2, 0.25) is 5.91 Å². The van der Waals surface area contributed by atoms with E-state index >= 15 is 0 Å². The highest BCUT2D eigenvalue weighted by Gasteiger charge is 2.36. The molecule has 196 valence electrons. The number of ether oxygens (including phenoxy) is 1. The van der Waals surface area contributed by atoms with Crippen molar-refractivity contribution < 1.29 is 23.5 Å². The molecule has 0 saturated carbocycles. The minimum atomic E-state index is -1.20. The van der Waals surface area contributed by atoms with Gasteiger partial charge in [-0.15, -0.1) is 0 Å². The first-order valence-corrected chi connectivity index (χ1v) is 12.6. The number of rotatable bonds is 11. The number of nitrogen functional groups attached to an aromatic ring is 1. The van der Waals surface area contributed by atoms with Crippen molar-refractivity contribution in [2.75, 3.05) is 23.8 Å². The molecule has 3 rings (SSSR count). The van der Waals surface area contributed by atoms with Gasteiger partial charge in [-0.3, -0.25) is 19.3 Å². The Morgan fingerprint density at radius 2 is 1.86 bits per heavy atom. The molecule has 11 heteroatoms. The summed E-state index contributed by atoms with van der Waals surface area (Å²) >= 11 is 0.682. The monoisotopic (exact) mass is 527 g/mol. The number of primary amides is 1. The molecule has 3 amide bonds. The Bertz CT molecular complexity index is 1260. The van der Waals surface area contributed by atoms with E-state index in [9.17, 15) is 18.8 Å². The molecule has 1 heterocycles. The van der Waals surface area contributed by atoms with Gasteiger partial charge in [0.25, 0.3) is 11.8 Å². The van der Waals surface area contributed by atoms with Crippen molar-refractivity contribution in [1.82, 2.24) is 9.69 Å². The van der Waals surface area contributed by atoms with Crippen LogP contribution in [0.5, 0.6) is 5.75 Å². The summed E-state index contributed by atoms with van der Waals surface area (Å²) in [4.78, 5) is 40.3. The smallest absolute Gasteiger partial charge is 0.273 e. The number of aromatic nitrogens is 1. The molecule has 0 aliphatic heterocycles. The summed E-state index contributed by atoms with van der Waals surface area (Å²) in [5.74, 6) is -1.76. The van der Waals surface area contributed by atoms with E-state index in [4.69, 9.17) is 16.2 Å². The third kappa shape index (κ3) is 6.62. The molecule has 0 bridgehead atoms. The number of amides is 3. The standard InChI is InChI=1S/C26H30FN5O4S/c1-4-36-19-10-8-16(9-11-19)22(25(34)30-13-12-15(2)3)32(18-7-5-6-17(27)14-18)26(35)23-20(28)21(24(29)33)31-37-23/h5-11,14-15,22H,4,12-13,28H2,1-3H3,(H2,29,33)(H,30,34). The highest BCUT2D eigenvalue weighted by molar-refractivity contribution is 7.09. The van der Waals surface area contributed by atoms with Crippen molar-refractivity contribution in [3.63, 3.8) is 0 Å². The van der Waals surface area contributed by atoms with Crippen LogP contribution < -0.4 is 26.4 Å². The molecule has 1 atom stereocenters. The van der Waals surface area contributed by atoms with E-state index in [1.165, 1.54) is 18.2 Å². The molecule has 0 saturated heterocycles. The van der Waals surface area contributed by atoms with Crippen molar-refractivity contribution in [3.8, 4) is 5.75 Å². The van der Waals surface area contributed by atoms with Gasteiger partial charge in [0.05, 0.1) is 12.3 Å². The van der Waals surface area contributed by atoms with Crippen molar-refractivity contribution in [3.05, 3.63) is 70.5 Å². The zero-order chi connectivity index (χ0) is 27.1. The summed E-state index contributed by atoms with van der Waals surface area (Å²) < 4.78 is 23.8. The van der Waals surface area contributed by atoms with Crippen LogP contribution >= 0.6 is 11.5 Å². The van der Waals surface area contributed by atoms with Gasteiger partial charge in [0.15, 0.2) is 5.69 Å². The molecule has 0 fully saturated rings. The lowest BCUT2D eigenvalue weighted by molar-refractivity contribution is -0.122. The summed E-state index contributed by atoms with van der Waals surface area (Å²) in [5.41, 5.74) is 11.5. The fraction of sp³-hybridized carbons (Fsp3) is 0.308. The van der Waals surface area contributed by atoms with E-state index in [2.05, 4.69) is 9.69 Å². The maximum absolute atomic E-state index is 14.3. The van der Waals surface area contributed by atoms with Crippen LogP contribution in [0.15, 0.2) is 48.5 Å². The first-order chi connectivity index (χ1) is 17.6. The summed E-state index contributed by atoms with van der Waals surface area (Å²) in [5, 5.41) is 2.89. The van der Waals surface area contributed by atoms with Gasteiger partial charge in [-0.1, -0.05) is 32.0 Å². The molecule has 0 aliphatic carbocycles. The molecular weight excluding hydrogens is 497 g/mol. The van der Waals surface area contributed by atoms with Crippen LogP contribution in [-0.2, 0) is 4.79 Å². The predicted octanol–water partition coefficient (Wildman–Crippen LogP) is 3.91. The Balaban J connectivity index is 2.15. The number of nitrogens with two attached hydrogens (primary N) is 2. The summed E-state index contributed by atoms with van der Waals surface area (Å²) in [6.07, 6.45) is 0.722. The number of nitrogens with one attached hydrogen (secondary N) is 1. The highest BCUT2D eigenvalue weighted by atomic mass is 32.1. The average Bonchev–Trinajstić information content (AvgIpc) is 3.24. The van der Waals surface area contributed by atoms with Gasteiger partial charge in [-0.05, 0) is 66.7 Å². The number of hydrogen-bond donors (Lipinski definition) is 3. The Morgan fingerprint density at radius 1 is 1.16 bits per heavy atom. The van der Waals surface area contributed by atoms with E-state index in [-0.39, 0.29) is 21.9 Å². The lowest BCUT2D eigenvalue weighted by atomic mass is 10.0. The summed E-state index contributed by atoms with van der Waals surface area (Å²) in [6.45, 7) is 6.75. The van der Waals surface area contributed by atoms with Crippen LogP contribution in [0.4, 0.5) is 15.8 Å². The van der Waals surface area contributed by atoms with E-state index < -0.39 is 29.6 Å². The van der Waals surface area contributed by atoms with Gasteiger partial charge in [-0.25, -0.2) is 4.39 Å². The van der Waals surface area contributed by atoms with Crippen molar-refractivity contribution in [1.29, 1.82) is 0 Å². The summed E-state index contributed by atoms with van der Waals surface area (Å²) in [6, 6.07) is 10.8. The molecule has 0 radical (unpaired) electrons. The molecule has 0 spiro atoms. The van der Waals surface area contributed by atoms with E-state index in [1.54, 1.807) is 24.3 Å². The van der Waals surface area contributed by atoms with Gasteiger partial charge >= 0.3 is 0 Å². The van der Waals surface area contributed by atoms with Crippen molar-refractivity contribution in [2.24, 2.45) is 11.7 Å². The van der Waals surface area contributed by atoms with Gasteiger partial charge in [0.1, 0.15) is 22.5 Å². The third-order valence-corrected chi connectivity index (χ3v) is 6.35. The second kappa shape index (κ2) is 12.3. The van der Waals surface area contributed by atoms with Crippen LogP contribution in [0.25, 0.3) is 0 Å². The highest BCUT2D eigenvalue weighted by Crippen LogP contribution is 2.34. The normalized spacial score (nSPS) is 11.7. The number of carbonyl (C=O) groups excluding carboxylic acids is 3. The number of hydrogen-bond acceptors (Lipinski definition) is 7. The van der Waals surface area contributed by atoms with E-state index in [1.807, 2.05) is 20.8 Å². The second-order valence-corrected chi connectivity index (χ2v) is 9.44. The van der Waals surface area contributed by atoms with Gasteiger partial charge in [-0.2, -0.15) is 4.37 Å². The topological polar surface area (TPSA) is 141 Å². The molecule has 0 aliphatic rings. The van der Waals surface area contributed by atoms with Crippen molar-refractivity contribution in [2.45, 2.75) is 33.2 Å². The van der Waals surface area contributed by atoms with Crippen LogP contribution in [0.3, 0.4) is 0 Å². The van der Waals surface area contributed by atoms with E-state index in [0.717, 1.165) is 17.4 Å². The van der Waals surface area contributed by atoms with Crippen LogP contribution in [0.1, 0.15) is 59.0 Å². The number of nitrogens with zero attached hydrogens (tertiary/aromatic N) is 2. The molecule has 2 aromatic carbocycles. The molecular formula is C26H30FN5O4S. The Morgan fingerprint density at radius 3 is 2.43 bits per heavy atom. The van der Waals surface area contributed by atoms with Crippen LogP contribution in [-0.4, -0.2) is 35.2 Å². The fourth-order valence-corrected chi connectivity index (χ4v) is 4.40. The quantitative estimate of drug-likeness (QED) is 0.345. The second-order valence-electron chi connectivity index (χ2n) is 8.67. The number of anilines is 2. The predicted molar refractivity (Wildman–Crippen MR) is 141 cm³/mol. The van der Waals surface area contributed by atoms with Crippen LogP contribution in [0, 0.1) is 11.7 Å². The molecule has 9 nitrogen and oxygen atoms in total. The third-order valence-electron chi connectivity index (χ3n) is 5.50. The molecule has 1 unspecified atom stereocenters. The summed E-state index contributed by atoms with van der Waals surface area (Å²) in [7, 11) is 0. The van der Waals surface area contributed by atoms with E-state index in [0.29, 0.717) is 41.9 Å². The first kappa shape index (κ1) is 27.6. The number of halogens is 1. The average molecular weight is 528 g/mol. The minimum absolute atomic E-state index is 0.0935. The van der Waals surface area contributed by atoms with Crippen molar-refractivity contribution >= 4 is 40.6 Å². The lowest BCUT2D eigenvalue weighted by Gasteiger charge is -2.31. The zero-order valence-corrected chi connectivity index (χ0v) is 21.7. The maximum atomic E-state index is 14.3. The molecule has 1 aromatic heterocycles. The number of carbonyl (C=O) groups is 3. The SMILES string of the molecule is CCOc1ccc(C(C(=O)NCCC(C)C)N(C(=O)c2snc(C(N)=O)c2N)c2cccc(F)c2)cc1. The van der Waals surface area contributed by atoms with Gasteiger partial charge in [0, 0.05) is 12.2 Å². The van der Waals surface area contributed by atoms with Gasteiger partial charge < -0.3 is 21.5 Å². The fourth-order valence-electron chi connectivity index (χ4n) is 3.66. The largest absolute Gasteiger partial charge is 0.494 e. The Kier molecular flexibility index (Phi) is 9.18. The Labute approximate surface area is 218 Å². The molecule has 3 aromatic rings. The lowest BCUT2D eigenvalue weighted by Crippen LogP contribution is -2.44. The molecule has 37 heavy (non-hydrogen) atoms. The minimum Gasteiger partial charge on any atom is -0.494 e. The molecule has 5 N–H and O–H groups in total.